The highest BCUT2D eigenvalue weighted by Crippen LogP contribution is 2.11. The first kappa shape index (κ1) is 13.9. The third-order valence-electron chi connectivity index (χ3n) is 2.54. The number of hydrogen-bond acceptors (Lipinski definition) is 2. The van der Waals surface area contributed by atoms with Crippen LogP contribution in [0, 0.1) is 0 Å². The van der Waals surface area contributed by atoms with Gasteiger partial charge in [0.15, 0.2) is 0 Å². The third-order valence-corrected chi connectivity index (χ3v) is 4.52. The number of unbranched alkanes of at least 4 members (excludes halogenated alkanes) is 1. The molecule has 1 unspecified atom stereocenters. The Morgan fingerprint density at radius 2 is 1.79 bits per heavy atom. The van der Waals surface area contributed by atoms with Crippen molar-refractivity contribution in [2.75, 3.05) is 12.3 Å². The van der Waals surface area contributed by atoms with Gasteiger partial charge >= 0.3 is 0 Å². The standard InChI is InChI=1S/C10H23NO2S/c1-5-8-9-11(10(4)6-2)14(12,13)7-3/h10H,5-9H2,1-4H3. The monoisotopic (exact) mass is 221 g/mol. The second-order valence-electron chi connectivity index (χ2n) is 3.62. The maximum atomic E-state index is 11.7. The molecule has 4 heteroatoms. The van der Waals surface area contributed by atoms with Crippen molar-refractivity contribution >= 4 is 10.0 Å². The number of hydrogen-bond donors (Lipinski definition) is 0. The summed E-state index contributed by atoms with van der Waals surface area (Å²) < 4.78 is 25.1. The highest BCUT2D eigenvalue weighted by atomic mass is 32.2. The molecule has 0 N–H and O–H groups in total. The molecule has 86 valence electrons. The second-order valence-corrected chi connectivity index (χ2v) is 5.83. The summed E-state index contributed by atoms with van der Waals surface area (Å²) in [4.78, 5) is 0. The first-order valence-corrected chi connectivity index (χ1v) is 7.10. The van der Waals surface area contributed by atoms with Gasteiger partial charge in [0.05, 0.1) is 5.75 Å². The third kappa shape index (κ3) is 3.96. The molecular weight excluding hydrogens is 198 g/mol. The molecule has 0 aromatic heterocycles. The number of sulfonamides is 1. The van der Waals surface area contributed by atoms with Gasteiger partial charge in [-0.25, -0.2) is 8.42 Å². The Bertz CT molecular complexity index is 237. The number of nitrogens with zero attached hydrogens (tertiary/aromatic N) is 1. The van der Waals surface area contributed by atoms with Crippen molar-refractivity contribution in [1.29, 1.82) is 0 Å². The molecule has 0 aromatic carbocycles. The molecule has 0 aliphatic carbocycles. The summed E-state index contributed by atoms with van der Waals surface area (Å²) in [7, 11) is -3.01. The maximum absolute atomic E-state index is 11.7. The minimum atomic E-state index is -3.01. The number of rotatable bonds is 7. The van der Waals surface area contributed by atoms with E-state index in [4.69, 9.17) is 0 Å². The second kappa shape index (κ2) is 6.40. The smallest absolute Gasteiger partial charge is 0.212 e. The van der Waals surface area contributed by atoms with E-state index in [0.29, 0.717) is 6.54 Å². The van der Waals surface area contributed by atoms with Crippen LogP contribution in [0.5, 0.6) is 0 Å². The zero-order chi connectivity index (χ0) is 11.2. The lowest BCUT2D eigenvalue weighted by Gasteiger charge is -2.26. The fourth-order valence-electron chi connectivity index (χ4n) is 1.32. The minimum absolute atomic E-state index is 0.131. The molecule has 0 amide bonds. The van der Waals surface area contributed by atoms with E-state index in [2.05, 4.69) is 6.92 Å². The van der Waals surface area contributed by atoms with Crippen LogP contribution in [0.15, 0.2) is 0 Å². The van der Waals surface area contributed by atoms with Crippen molar-refractivity contribution in [1.82, 2.24) is 4.31 Å². The predicted molar refractivity (Wildman–Crippen MR) is 60.8 cm³/mol. The molecule has 0 heterocycles. The van der Waals surface area contributed by atoms with E-state index in [1.807, 2.05) is 13.8 Å². The van der Waals surface area contributed by atoms with Crippen molar-refractivity contribution in [3.8, 4) is 0 Å². The molecule has 0 spiro atoms. The molecule has 3 nitrogen and oxygen atoms in total. The zero-order valence-corrected chi connectivity index (χ0v) is 10.6. The van der Waals surface area contributed by atoms with Crippen LogP contribution in [0.1, 0.15) is 47.0 Å². The van der Waals surface area contributed by atoms with Crippen LogP contribution in [0.2, 0.25) is 0 Å². The van der Waals surface area contributed by atoms with Crippen molar-refractivity contribution in [2.24, 2.45) is 0 Å². The Morgan fingerprint density at radius 1 is 1.21 bits per heavy atom. The van der Waals surface area contributed by atoms with Crippen LogP contribution in [0.3, 0.4) is 0 Å². The lowest BCUT2D eigenvalue weighted by Crippen LogP contribution is -2.39. The van der Waals surface area contributed by atoms with Crippen LogP contribution in [0.4, 0.5) is 0 Å². The summed E-state index contributed by atoms with van der Waals surface area (Å²) in [5, 5.41) is 0. The Kier molecular flexibility index (Phi) is 6.36. The highest BCUT2D eigenvalue weighted by Gasteiger charge is 2.23. The summed E-state index contributed by atoms with van der Waals surface area (Å²) in [5.74, 6) is 0.209. The zero-order valence-electron chi connectivity index (χ0n) is 9.78. The molecule has 0 fully saturated rings. The molecular formula is C10H23NO2S. The van der Waals surface area contributed by atoms with Crippen molar-refractivity contribution < 1.29 is 8.42 Å². The summed E-state index contributed by atoms with van der Waals surface area (Å²) in [6.07, 6.45) is 2.86. The van der Waals surface area contributed by atoms with Gasteiger partial charge in [-0.05, 0) is 26.7 Å². The van der Waals surface area contributed by atoms with E-state index >= 15 is 0 Å². The van der Waals surface area contributed by atoms with Crippen LogP contribution >= 0.6 is 0 Å². The quantitative estimate of drug-likeness (QED) is 0.661. The Hall–Kier alpha value is -0.0900. The summed E-state index contributed by atoms with van der Waals surface area (Å²) >= 11 is 0. The van der Waals surface area contributed by atoms with Gasteiger partial charge in [0.25, 0.3) is 0 Å². The lowest BCUT2D eigenvalue weighted by molar-refractivity contribution is 0.325. The van der Waals surface area contributed by atoms with Gasteiger partial charge in [0.2, 0.25) is 10.0 Å². The molecule has 0 aliphatic rings. The van der Waals surface area contributed by atoms with E-state index in [9.17, 15) is 8.42 Å². The molecule has 0 saturated carbocycles. The van der Waals surface area contributed by atoms with E-state index in [0.717, 1.165) is 19.3 Å². The first-order valence-electron chi connectivity index (χ1n) is 5.49. The van der Waals surface area contributed by atoms with Crippen LogP contribution in [-0.4, -0.2) is 31.1 Å². The van der Waals surface area contributed by atoms with Gasteiger partial charge in [0, 0.05) is 12.6 Å². The largest absolute Gasteiger partial charge is 0.214 e. The van der Waals surface area contributed by atoms with Crippen LogP contribution in [0.25, 0.3) is 0 Å². The van der Waals surface area contributed by atoms with Gasteiger partial charge in [-0.3, -0.25) is 0 Å². The van der Waals surface area contributed by atoms with Crippen molar-refractivity contribution in [3.63, 3.8) is 0 Å². The summed E-state index contributed by atoms with van der Waals surface area (Å²) in [5.41, 5.74) is 0. The average Bonchev–Trinajstić information content (AvgIpc) is 2.17. The summed E-state index contributed by atoms with van der Waals surface area (Å²) in [6, 6.07) is 0.131. The van der Waals surface area contributed by atoms with Gasteiger partial charge in [-0.1, -0.05) is 20.3 Å². The van der Waals surface area contributed by atoms with E-state index in [1.165, 1.54) is 0 Å². The van der Waals surface area contributed by atoms with E-state index in [1.54, 1.807) is 11.2 Å². The van der Waals surface area contributed by atoms with E-state index in [-0.39, 0.29) is 11.8 Å². The van der Waals surface area contributed by atoms with Crippen LogP contribution in [-0.2, 0) is 10.0 Å². The van der Waals surface area contributed by atoms with Gasteiger partial charge in [-0.15, -0.1) is 0 Å². The molecule has 0 rings (SSSR count). The van der Waals surface area contributed by atoms with E-state index < -0.39 is 10.0 Å². The molecule has 0 aliphatic heterocycles. The Balaban J connectivity index is 4.55. The van der Waals surface area contributed by atoms with Crippen molar-refractivity contribution in [3.05, 3.63) is 0 Å². The topological polar surface area (TPSA) is 37.4 Å². The lowest BCUT2D eigenvalue weighted by atomic mass is 10.2. The molecule has 14 heavy (non-hydrogen) atoms. The maximum Gasteiger partial charge on any atom is 0.214 e. The van der Waals surface area contributed by atoms with Crippen LogP contribution < -0.4 is 0 Å². The molecule has 0 bridgehead atoms. The normalized spacial score (nSPS) is 14.6. The molecule has 1 atom stereocenters. The minimum Gasteiger partial charge on any atom is -0.212 e. The summed E-state index contributed by atoms with van der Waals surface area (Å²) in [6.45, 7) is 8.45. The van der Waals surface area contributed by atoms with Gasteiger partial charge < -0.3 is 0 Å². The van der Waals surface area contributed by atoms with Gasteiger partial charge in [-0.2, -0.15) is 4.31 Å². The molecule has 0 aromatic rings. The van der Waals surface area contributed by atoms with Crippen molar-refractivity contribution in [2.45, 2.75) is 53.0 Å². The van der Waals surface area contributed by atoms with Gasteiger partial charge in [0.1, 0.15) is 0 Å². The predicted octanol–water partition coefficient (Wildman–Crippen LogP) is 2.24. The molecule has 0 saturated heterocycles. The fourth-order valence-corrected chi connectivity index (χ4v) is 2.75. The fraction of sp³-hybridized carbons (Fsp3) is 1.00. The molecule has 0 radical (unpaired) electrons. The Labute approximate surface area is 88.5 Å². The highest BCUT2D eigenvalue weighted by molar-refractivity contribution is 7.89. The SMILES string of the molecule is CCCCN(C(C)CC)S(=O)(=O)CC. The first-order chi connectivity index (χ1) is 6.49. The Morgan fingerprint density at radius 3 is 2.14 bits per heavy atom. The average molecular weight is 221 g/mol.